The fourth-order valence-electron chi connectivity index (χ4n) is 3.84. The second-order valence-electron chi connectivity index (χ2n) is 7.92. The van der Waals surface area contributed by atoms with E-state index in [1.54, 1.807) is 24.3 Å². The second-order valence-corrected chi connectivity index (χ2v) is 10.4. The molecular weight excluding hydrogens is 545 g/mol. The van der Waals surface area contributed by atoms with E-state index in [1.165, 1.54) is 11.3 Å². The van der Waals surface area contributed by atoms with Gasteiger partial charge in [-0.05, 0) is 31.2 Å². The number of hydrogen-bond acceptors (Lipinski definition) is 6. The smallest absolute Gasteiger partial charge is 0.475 e. The van der Waals surface area contributed by atoms with E-state index in [9.17, 15) is 22.0 Å². The Hall–Kier alpha value is -2.46. The number of aromatic nitrogens is 1. The van der Waals surface area contributed by atoms with Crippen molar-refractivity contribution in [2.24, 2.45) is 5.73 Å². The van der Waals surface area contributed by atoms with Gasteiger partial charge >= 0.3 is 12.1 Å². The number of alkyl halides is 5. The Bertz CT molecular complexity index is 1280. The van der Waals surface area contributed by atoms with Crippen LogP contribution in [0.4, 0.5) is 27.6 Å². The number of pyridine rings is 1. The number of anilines is 1. The molecule has 36 heavy (non-hydrogen) atoms. The minimum absolute atomic E-state index is 0.156. The number of nitrogens with zero attached hydrogens (tertiary/aromatic N) is 1. The lowest BCUT2D eigenvalue weighted by Crippen LogP contribution is -2.43. The zero-order valence-corrected chi connectivity index (χ0v) is 21.1. The molecule has 4 N–H and O–H groups in total. The van der Waals surface area contributed by atoms with Crippen molar-refractivity contribution < 1.29 is 31.9 Å². The predicted octanol–water partition coefficient (Wildman–Crippen LogP) is 6.86. The molecule has 0 saturated heterocycles. The van der Waals surface area contributed by atoms with Gasteiger partial charge in [0, 0.05) is 34.8 Å². The van der Waals surface area contributed by atoms with Gasteiger partial charge in [0.05, 0.1) is 21.9 Å². The molecule has 2 atom stereocenters. The highest BCUT2D eigenvalue weighted by atomic mass is 35.5. The molecule has 4 rings (SSSR count). The number of halogens is 6. The Morgan fingerprint density at radius 3 is 2.67 bits per heavy atom. The van der Waals surface area contributed by atoms with Gasteiger partial charge in [0.25, 0.3) is 5.92 Å². The summed E-state index contributed by atoms with van der Waals surface area (Å²) < 4.78 is 62.3. The highest BCUT2D eigenvalue weighted by molar-refractivity contribution is 7.20. The van der Waals surface area contributed by atoms with Gasteiger partial charge in [0.2, 0.25) is 0 Å². The van der Waals surface area contributed by atoms with Crippen molar-refractivity contribution in [2.75, 3.05) is 5.32 Å². The van der Waals surface area contributed by atoms with Crippen LogP contribution in [0.25, 0.3) is 10.2 Å². The quantitative estimate of drug-likeness (QED) is 0.183. The van der Waals surface area contributed by atoms with Crippen LogP contribution in [0.3, 0.4) is 0 Å². The van der Waals surface area contributed by atoms with Crippen molar-refractivity contribution >= 4 is 56.1 Å². The van der Waals surface area contributed by atoms with E-state index in [1.807, 2.05) is 17.5 Å². The molecule has 13 heteroatoms. The van der Waals surface area contributed by atoms with E-state index < -0.39 is 30.0 Å². The molecule has 0 amide bonds. The lowest BCUT2D eigenvalue weighted by molar-refractivity contribution is -0.192. The average molecular weight is 566 g/mol. The fourth-order valence-corrected chi connectivity index (χ4v) is 6.11. The molecule has 1 saturated carbocycles. The van der Waals surface area contributed by atoms with Gasteiger partial charge in [0.15, 0.2) is 0 Å². The predicted molar refractivity (Wildman–Crippen MR) is 132 cm³/mol. The molecule has 0 radical (unpaired) electrons. The maximum Gasteiger partial charge on any atom is 0.490 e. The van der Waals surface area contributed by atoms with Gasteiger partial charge in [-0.15, -0.1) is 28.6 Å². The molecule has 0 aromatic carbocycles. The molecule has 1 unspecified atom stereocenters. The van der Waals surface area contributed by atoms with E-state index in [0.29, 0.717) is 40.5 Å². The van der Waals surface area contributed by atoms with Crippen LogP contribution in [0.15, 0.2) is 23.6 Å². The topological polar surface area (TPSA) is 88.2 Å². The van der Waals surface area contributed by atoms with Crippen LogP contribution in [0, 0.1) is 11.8 Å². The number of nitrogens with one attached hydrogen (secondary N) is 1. The Balaban J connectivity index is 0.000000454. The van der Waals surface area contributed by atoms with Crippen molar-refractivity contribution in [3.05, 3.63) is 44.1 Å². The molecule has 3 aromatic heterocycles. The van der Waals surface area contributed by atoms with E-state index in [0.717, 1.165) is 15.3 Å². The SMILES string of the molecule is CC#Cc1c(C2[C@H](N)CCCC2(F)F)sc2c(NCc3cccs3)cc(Cl)nc12.O=C(O)C(F)(F)F. The highest BCUT2D eigenvalue weighted by Gasteiger charge is 2.48. The van der Waals surface area contributed by atoms with Crippen molar-refractivity contribution in [3.8, 4) is 11.8 Å². The Kier molecular flexibility index (Phi) is 8.82. The maximum absolute atomic E-state index is 14.9. The minimum Gasteiger partial charge on any atom is -0.475 e. The van der Waals surface area contributed by atoms with Crippen LogP contribution in [-0.4, -0.2) is 34.2 Å². The van der Waals surface area contributed by atoms with Gasteiger partial charge in [-0.25, -0.2) is 18.6 Å². The standard InChI is InChI=1S/C21H20ClF2N3S2.C2HF3O2/c1-2-5-13-18-20(29-19(13)17-14(25)7-3-8-21(17,23)24)15(10-16(22)27-18)26-11-12-6-4-9-28-12;3-2(4,5)1(6)7/h4,6,9-10,14,17H,3,7-8,11,25H2,1H3,(H,26,27);(H,6,7)/t14-,17?;/m1./s1. The molecule has 1 fully saturated rings. The first kappa shape index (κ1) is 28.1. The third-order valence-electron chi connectivity index (χ3n) is 5.38. The van der Waals surface area contributed by atoms with Gasteiger partial charge < -0.3 is 16.2 Å². The summed E-state index contributed by atoms with van der Waals surface area (Å²) in [6, 6.07) is 5.15. The molecule has 3 aromatic rings. The molecule has 0 bridgehead atoms. The summed E-state index contributed by atoms with van der Waals surface area (Å²) in [7, 11) is 0. The number of carbonyl (C=O) groups is 1. The fraction of sp³-hybridized carbons (Fsp3) is 0.391. The summed E-state index contributed by atoms with van der Waals surface area (Å²) in [6.07, 6.45) is -4.23. The number of carboxylic acid groups (broad SMARTS) is 1. The van der Waals surface area contributed by atoms with E-state index in [-0.39, 0.29) is 6.42 Å². The molecule has 3 heterocycles. The van der Waals surface area contributed by atoms with Crippen LogP contribution in [0.1, 0.15) is 47.4 Å². The number of rotatable bonds is 4. The highest BCUT2D eigenvalue weighted by Crippen LogP contribution is 2.50. The molecule has 0 spiro atoms. The van der Waals surface area contributed by atoms with Gasteiger partial charge in [-0.3, -0.25) is 0 Å². The lowest BCUT2D eigenvalue weighted by Gasteiger charge is -2.35. The molecule has 5 nitrogen and oxygen atoms in total. The van der Waals surface area contributed by atoms with E-state index >= 15 is 0 Å². The summed E-state index contributed by atoms with van der Waals surface area (Å²) in [5.41, 5.74) is 8.04. The number of carboxylic acids is 1. The van der Waals surface area contributed by atoms with Crippen LogP contribution < -0.4 is 11.1 Å². The van der Waals surface area contributed by atoms with Crippen LogP contribution >= 0.6 is 34.3 Å². The van der Waals surface area contributed by atoms with Gasteiger partial charge in [0.1, 0.15) is 10.7 Å². The number of thiophene rings is 2. The number of aliphatic carboxylic acids is 1. The first-order valence-corrected chi connectivity index (χ1v) is 12.7. The van der Waals surface area contributed by atoms with Crippen molar-refractivity contribution in [2.45, 2.75) is 56.8 Å². The first-order valence-electron chi connectivity index (χ1n) is 10.6. The van der Waals surface area contributed by atoms with Gasteiger partial charge in [-0.1, -0.05) is 23.6 Å². The number of hydrogen-bond donors (Lipinski definition) is 3. The van der Waals surface area contributed by atoms with E-state index in [2.05, 4.69) is 22.1 Å². The Morgan fingerprint density at radius 1 is 1.42 bits per heavy atom. The average Bonchev–Trinajstić information content (AvgIpc) is 3.40. The Labute approximate surface area is 216 Å². The lowest BCUT2D eigenvalue weighted by atomic mass is 9.79. The normalized spacial score (nSPS) is 19.1. The second kappa shape index (κ2) is 11.3. The zero-order chi connectivity index (χ0) is 26.7. The first-order chi connectivity index (χ1) is 16.8. The van der Waals surface area contributed by atoms with Gasteiger partial charge in [-0.2, -0.15) is 13.2 Å². The number of nitrogens with two attached hydrogens (primary N) is 1. The molecular formula is C23H21ClF5N3O2S2. The van der Waals surface area contributed by atoms with Crippen molar-refractivity contribution in [3.63, 3.8) is 0 Å². The summed E-state index contributed by atoms with van der Waals surface area (Å²) in [5, 5.41) is 12.8. The summed E-state index contributed by atoms with van der Waals surface area (Å²) in [4.78, 5) is 15.0. The Morgan fingerprint density at radius 2 is 2.11 bits per heavy atom. The largest absolute Gasteiger partial charge is 0.490 e. The summed E-state index contributed by atoms with van der Waals surface area (Å²) in [5.74, 6) is -0.831. The number of fused-ring (bicyclic) bond motifs is 1. The molecule has 194 valence electrons. The monoisotopic (exact) mass is 565 g/mol. The maximum atomic E-state index is 14.9. The van der Waals surface area contributed by atoms with Crippen LogP contribution in [-0.2, 0) is 11.3 Å². The summed E-state index contributed by atoms with van der Waals surface area (Å²) >= 11 is 9.22. The third-order valence-corrected chi connectivity index (χ3v) is 7.74. The van der Waals surface area contributed by atoms with Crippen LogP contribution in [0.2, 0.25) is 5.15 Å². The molecule has 1 aliphatic carbocycles. The van der Waals surface area contributed by atoms with Crippen LogP contribution in [0.5, 0.6) is 0 Å². The van der Waals surface area contributed by atoms with E-state index in [4.69, 9.17) is 27.2 Å². The minimum atomic E-state index is -5.08. The molecule has 0 aliphatic heterocycles. The third kappa shape index (κ3) is 6.45. The zero-order valence-electron chi connectivity index (χ0n) is 18.8. The summed E-state index contributed by atoms with van der Waals surface area (Å²) in [6.45, 7) is 2.31. The van der Waals surface area contributed by atoms with Crippen molar-refractivity contribution in [1.82, 2.24) is 4.98 Å². The molecule has 1 aliphatic rings. The van der Waals surface area contributed by atoms with Crippen molar-refractivity contribution in [1.29, 1.82) is 0 Å².